The fourth-order valence-electron chi connectivity index (χ4n) is 1.57. The lowest BCUT2D eigenvalue weighted by Crippen LogP contribution is -1.90. The number of anilines is 2. The van der Waals surface area contributed by atoms with Gasteiger partial charge >= 0.3 is 0 Å². The van der Waals surface area contributed by atoms with E-state index in [0.29, 0.717) is 0 Å². The fourth-order valence-corrected chi connectivity index (χ4v) is 1.83. The molecule has 0 amide bonds. The summed E-state index contributed by atoms with van der Waals surface area (Å²) in [7, 11) is 0. The standard InChI is InChI=1S/C14H14BrN/c1-2-11-4-3-5-14(10-11)16-13-8-6-12(15)7-9-13/h3-10,16H,2H2,1H3. The van der Waals surface area contributed by atoms with Crippen molar-refractivity contribution in [3.8, 4) is 0 Å². The van der Waals surface area contributed by atoms with Gasteiger partial charge < -0.3 is 5.32 Å². The largest absolute Gasteiger partial charge is 0.356 e. The number of rotatable bonds is 3. The van der Waals surface area contributed by atoms with E-state index in [0.717, 1.165) is 22.3 Å². The van der Waals surface area contributed by atoms with Crippen LogP contribution >= 0.6 is 15.9 Å². The molecule has 0 aliphatic rings. The molecular weight excluding hydrogens is 262 g/mol. The van der Waals surface area contributed by atoms with Crippen LogP contribution in [0.3, 0.4) is 0 Å². The van der Waals surface area contributed by atoms with Gasteiger partial charge in [0.25, 0.3) is 0 Å². The molecule has 0 fully saturated rings. The maximum Gasteiger partial charge on any atom is 0.0386 e. The van der Waals surface area contributed by atoms with Crippen LogP contribution in [0.5, 0.6) is 0 Å². The Labute approximate surface area is 105 Å². The van der Waals surface area contributed by atoms with Crippen molar-refractivity contribution in [1.82, 2.24) is 0 Å². The Kier molecular flexibility index (Phi) is 3.62. The van der Waals surface area contributed by atoms with E-state index in [1.165, 1.54) is 5.56 Å². The second-order valence-electron chi connectivity index (χ2n) is 3.69. The van der Waals surface area contributed by atoms with Gasteiger partial charge in [0.05, 0.1) is 0 Å². The molecule has 2 aromatic rings. The molecule has 0 unspecified atom stereocenters. The van der Waals surface area contributed by atoms with Gasteiger partial charge in [-0.15, -0.1) is 0 Å². The molecule has 0 radical (unpaired) electrons. The normalized spacial score (nSPS) is 10.1. The van der Waals surface area contributed by atoms with E-state index in [1.807, 2.05) is 12.1 Å². The van der Waals surface area contributed by atoms with Crippen LogP contribution in [-0.4, -0.2) is 0 Å². The SMILES string of the molecule is CCc1cccc(Nc2ccc(Br)cc2)c1. The Balaban J connectivity index is 2.16. The summed E-state index contributed by atoms with van der Waals surface area (Å²) in [5, 5.41) is 3.38. The van der Waals surface area contributed by atoms with Crippen LogP contribution in [0.25, 0.3) is 0 Å². The molecule has 0 atom stereocenters. The van der Waals surface area contributed by atoms with Gasteiger partial charge in [0.2, 0.25) is 0 Å². The quantitative estimate of drug-likeness (QED) is 0.852. The molecule has 1 N–H and O–H groups in total. The van der Waals surface area contributed by atoms with Gasteiger partial charge in [0.15, 0.2) is 0 Å². The van der Waals surface area contributed by atoms with Gasteiger partial charge in [-0.25, -0.2) is 0 Å². The lowest BCUT2D eigenvalue weighted by molar-refractivity contribution is 1.14. The first-order valence-electron chi connectivity index (χ1n) is 5.39. The molecule has 0 saturated carbocycles. The van der Waals surface area contributed by atoms with Gasteiger partial charge in [0, 0.05) is 15.8 Å². The number of aryl methyl sites for hydroxylation is 1. The summed E-state index contributed by atoms with van der Waals surface area (Å²) in [5.41, 5.74) is 3.60. The zero-order valence-electron chi connectivity index (χ0n) is 9.20. The number of halogens is 1. The monoisotopic (exact) mass is 275 g/mol. The minimum absolute atomic E-state index is 1.07. The smallest absolute Gasteiger partial charge is 0.0386 e. The molecule has 0 spiro atoms. The first kappa shape index (κ1) is 11.2. The van der Waals surface area contributed by atoms with Crippen molar-refractivity contribution in [1.29, 1.82) is 0 Å². The number of hydrogen-bond donors (Lipinski definition) is 1. The van der Waals surface area contributed by atoms with Gasteiger partial charge in [-0.2, -0.15) is 0 Å². The molecule has 0 aliphatic heterocycles. The van der Waals surface area contributed by atoms with Crippen molar-refractivity contribution < 1.29 is 0 Å². The predicted molar refractivity (Wildman–Crippen MR) is 73.2 cm³/mol. The molecule has 1 nitrogen and oxygen atoms in total. The summed E-state index contributed by atoms with van der Waals surface area (Å²) in [5.74, 6) is 0. The average Bonchev–Trinajstić information content (AvgIpc) is 2.32. The molecule has 2 heteroatoms. The number of hydrogen-bond acceptors (Lipinski definition) is 1. The summed E-state index contributed by atoms with van der Waals surface area (Å²) < 4.78 is 1.10. The summed E-state index contributed by atoms with van der Waals surface area (Å²) in [6, 6.07) is 16.7. The second-order valence-corrected chi connectivity index (χ2v) is 4.60. The molecule has 0 aromatic heterocycles. The third-order valence-corrected chi connectivity index (χ3v) is 3.00. The van der Waals surface area contributed by atoms with Crippen LogP contribution in [0.2, 0.25) is 0 Å². The number of benzene rings is 2. The minimum Gasteiger partial charge on any atom is -0.356 e. The Bertz CT molecular complexity index is 462. The molecule has 0 heterocycles. The van der Waals surface area contributed by atoms with Crippen LogP contribution < -0.4 is 5.32 Å². The van der Waals surface area contributed by atoms with E-state index < -0.39 is 0 Å². The Morgan fingerprint density at radius 3 is 2.44 bits per heavy atom. The molecule has 2 aromatic carbocycles. The zero-order chi connectivity index (χ0) is 11.4. The van der Waals surface area contributed by atoms with Crippen LogP contribution in [-0.2, 0) is 6.42 Å². The molecule has 16 heavy (non-hydrogen) atoms. The highest BCUT2D eigenvalue weighted by atomic mass is 79.9. The van der Waals surface area contributed by atoms with E-state index in [9.17, 15) is 0 Å². The summed E-state index contributed by atoms with van der Waals surface area (Å²) in [4.78, 5) is 0. The third kappa shape index (κ3) is 2.86. The highest BCUT2D eigenvalue weighted by Crippen LogP contribution is 2.20. The first-order valence-corrected chi connectivity index (χ1v) is 6.19. The molecular formula is C14H14BrN. The van der Waals surface area contributed by atoms with Gasteiger partial charge in [-0.1, -0.05) is 35.0 Å². The van der Waals surface area contributed by atoms with Gasteiger partial charge in [-0.3, -0.25) is 0 Å². The van der Waals surface area contributed by atoms with E-state index in [1.54, 1.807) is 0 Å². The molecule has 0 aliphatic carbocycles. The van der Waals surface area contributed by atoms with E-state index in [-0.39, 0.29) is 0 Å². The van der Waals surface area contributed by atoms with Crippen LogP contribution in [0, 0.1) is 0 Å². The lowest BCUT2D eigenvalue weighted by Gasteiger charge is -2.07. The first-order chi connectivity index (χ1) is 7.78. The fraction of sp³-hybridized carbons (Fsp3) is 0.143. The second kappa shape index (κ2) is 5.17. The maximum absolute atomic E-state index is 3.43. The van der Waals surface area contributed by atoms with Crippen molar-refractivity contribution in [2.24, 2.45) is 0 Å². The highest BCUT2D eigenvalue weighted by molar-refractivity contribution is 9.10. The van der Waals surface area contributed by atoms with Crippen LogP contribution in [0.1, 0.15) is 12.5 Å². The van der Waals surface area contributed by atoms with Crippen LogP contribution in [0.15, 0.2) is 53.0 Å². The van der Waals surface area contributed by atoms with E-state index in [2.05, 4.69) is 64.6 Å². The summed E-state index contributed by atoms with van der Waals surface area (Å²) >= 11 is 3.43. The Morgan fingerprint density at radius 1 is 1.00 bits per heavy atom. The van der Waals surface area contributed by atoms with Crippen molar-refractivity contribution in [2.75, 3.05) is 5.32 Å². The molecule has 2 rings (SSSR count). The van der Waals surface area contributed by atoms with Crippen molar-refractivity contribution >= 4 is 27.3 Å². The zero-order valence-corrected chi connectivity index (χ0v) is 10.8. The average molecular weight is 276 g/mol. The minimum atomic E-state index is 1.07. The predicted octanol–water partition coefficient (Wildman–Crippen LogP) is 4.76. The lowest BCUT2D eigenvalue weighted by atomic mass is 10.1. The number of nitrogens with one attached hydrogen (secondary N) is 1. The van der Waals surface area contributed by atoms with Crippen molar-refractivity contribution in [3.63, 3.8) is 0 Å². The Morgan fingerprint density at radius 2 is 1.75 bits per heavy atom. The van der Waals surface area contributed by atoms with Crippen molar-refractivity contribution in [2.45, 2.75) is 13.3 Å². The van der Waals surface area contributed by atoms with Gasteiger partial charge in [-0.05, 0) is 48.4 Å². The molecule has 0 saturated heterocycles. The molecule has 82 valence electrons. The van der Waals surface area contributed by atoms with Crippen LogP contribution in [0.4, 0.5) is 11.4 Å². The summed E-state index contributed by atoms with van der Waals surface area (Å²) in [6.07, 6.45) is 1.07. The highest BCUT2D eigenvalue weighted by Gasteiger charge is 1.95. The van der Waals surface area contributed by atoms with Crippen molar-refractivity contribution in [3.05, 3.63) is 58.6 Å². The maximum atomic E-state index is 3.43. The van der Waals surface area contributed by atoms with E-state index in [4.69, 9.17) is 0 Å². The third-order valence-electron chi connectivity index (χ3n) is 2.47. The van der Waals surface area contributed by atoms with Gasteiger partial charge in [0.1, 0.15) is 0 Å². The Hall–Kier alpha value is -1.28. The summed E-state index contributed by atoms with van der Waals surface area (Å²) in [6.45, 7) is 2.17. The topological polar surface area (TPSA) is 12.0 Å². The van der Waals surface area contributed by atoms with E-state index >= 15 is 0 Å². The molecule has 0 bridgehead atoms.